The van der Waals surface area contributed by atoms with Crippen LogP contribution in [-0.2, 0) is 13.1 Å². The van der Waals surface area contributed by atoms with E-state index in [0.29, 0.717) is 12.2 Å². The number of hydrogen-bond acceptors (Lipinski definition) is 4. The van der Waals surface area contributed by atoms with Gasteiger partial charge in [-0.2, -0.15) is 0 Å². The van der Waals surface area contributed by atoms with Gasteiger partial charge in [0.2, 0.25) is 0 Å². The average molecular weight is 328 g/mol. The van der Waals surface area contributed by atoms with Gasteiger partial charge in [-0.3, -0.25) is 10.1 Å². The van der Waals surface area contributed by atoms with Gasteiger partial charge < -0.3 is 15.5 Å². The molecule has 24 heavy (non-hydrogen) atoms. The second-order valence-electron chi connectivity index (χ2n) is 5.62. The highest BCUT2D eigenvalue weighted by Crippen LogP contribution is 2.17. The van der Waals surface area contributed by atoms with Gasteiger partial charge in [0.25, 0.3) is 5.69 Å². The Bertz CT molecular complexity index is 731. The van der Waals surface area contributed by atoms with E-state index in [4.69, 9.17) is 0 Å². The Morgan fingerprint density at radius 2 is 1.83 bits per heavy atom. The summed E-state index contributed by atoms with van der Waals surface area (Å²) in [6.45, 7) is 1.16. The van der Waals surface area contributed by atoms with Crippen molar-refractivity contribution in [2.24, 2.45) is 0 Å². The number of hydrogen-bond donors (Lipinski definition) is 2. The molecular formula is C17H20N4O3. The van der Waals surface area contributed by atoms with Crippen LogP contribution in [0.1, 0.15) is 11.1 Å². The fraction of sp³-hybridized carbons (Fsp3) is 0.235. The predicted molar refractivity (Wildman–Crippen MR) is 92.8 cm³/mol. The van der Waals surface area contributed by atoms with Crippen molar-refractivity contribution in [3.8, 4) is 0 Å². The molecule has 7 nitrogen and oxygen atoms in total. The molecule has 2 N–H and O–H groups in total. The van der Waals surface area contributed by atoms with Crippen LogP contribution in [-0.4, -0.2) is 29.9 Å². The number of amides is 2. The first kappa shape index (κ1) is 17.4. The van der Waals surface area contributed by atoms with Gasteiger partial charge in [0.15, 0.2) is 0 Å². The summed E-state index contributed by atoms with van der Waals surface area (Å²) in [5.74, 6) is 0. The molecule has 0 saturated heterocycles. The monoisotopic (exact) mass is 328 g/mol. The first-order valence-electron chi connectivity index (χ1n) is 7.46. The van der Waals surface area contributed by atoms with E-state index in [0.717, 1.165) is 17.7 Å². The summed E-state index contributed by atoms with van der Waals surface area (Å²) >= 11 is 0. The number of rotatable bonds is 6. The molecule has 0 aromatic heterocycles. The van der Waals surface area contributed by atoms with Crippen molar-refractivity contribution in [3.05, 3.63) is 69.8 Å². The topological polar surface area (TPSA) is 87.5 Å². The largest absolute Gasteiger partial charge is 0.334 e. The van der Waals surface area contributed by atoms with E-state index in [1.807, 2.05) is 38.4 Å². The molecule has 0 heterocycles. The number of carbonyl (C=O) groups is 1. The van der Waals surface area contributed by atoms with Crippen LogP contribution in [0.3, 0.4) is 0 Å². The van der Waals surface area contributed by atoms with Crippen molar-refractivity contribution in [2.75, 3.05) is 19.4 Å². The molecule has 0 aliphatic heterocycles. The number of nitro groups is 1. The maximum absolute atomic E-state index is 12.0. The summed E-state index contributed by atoms with van der Waals surface area (Å²) in [6, 6.07) is 13.3. The third-order valence-electron chi connectivity index (χ3n) is 3.36. The first-order chi connectivity index (χ1) is 11.5. The number of nitro benzene ring substituents is 1. The number of non-ortho nitro benzene ring substituents is 1. The second kappa shape index (κ2) is 8.07. The lowest BCUT2D eigenvalue weighted by atomic mass is 10.1. The van der Waals surface area contributed by atoms with Gasteiger partial charge in [-0.15, -0.1) is 0 Å². The highest BCUT2D eigenvalue weighted by molar-refractivity contribution is 5.89. The SMILES string of the molecule is CN(C)Cc1ccccc1CNC(=O)Nc1cccc([N+](=O)[O-])c1. The first-order valence-corrected chi connectivity index (χ1v) is 7.46. The maximum Gasteiger partial charge on any atom is 0.319 e. The van der Waals surface area contributed by atoms with Crippen molar-refractivity contribution >= 4 is 17.4 Å². The highest BCUT2D eigenvalue weighted by atomic mass is 16.6. The van der Waals surface area contributed by atoms with Gasteiger partial charge in [0, 0.05) is 30.9 Å². The van der Waals surface area contributed by atoms with Crippen LogP contribution in [0.15, 0.2) is 48.5 Å². The van der Waals surface area contributed by atoms with Crippen molar-refractivity contribution in [1.29, 1.82) is 0 Å². The normalized spacial score (nSPS) is 10.5. The lowest BCUT2D eigenvalue weighted by Crippen LogP contribution is -2.28. The Hall–Kier alpha value is -2.93. The van der Waals surface area contributed by atoms with E-state index in [9.17, 15) is 14.9 Å². The maximum atomic E-state index is 12.0. The van der Waals surface area contributed by atoms with E-state index in [2.05, 4.69) is 15.5 Å². The third-order valence-corrected chi connectivity index (χ3v) is 3.36. The van der Waals surface area contributed by atoms with Crippen LogP contribution in [0, 0.1) is 10.1 Å². The fourth-order valence-corrected chi connectivity index (χ4v) is 2.27. The zero-order chi connectivity index (χ0) is 17.5. The lowest BCUT2D eigenvalue weighted by molar-refractivity contribution is -0.384. The molecule has 2 rings (SSSR count). The van der Waals surface area contributed by atoms with Gasteiger partial charge in [0.05, 0.1) is 4.92 Å². The smallest absolute Gasteiger partial charge is 0.319 e. The van der Waals surface area contributed by atoms with E-state index in [1.165, 1.54) is 18.2 Å². The summed E-state index contributed by atoms with van der Waals surface area (Å²) in [7, 11) is 3.97. The van der Waals surface area contributed by atoms with E-state index < -0.39 is 11.0 Å². The lowest BCUT2D eigenvalue weighted by Gasteiger charge is -2.15. The van der Waals surface area contributed by atoms with Crippen molar-refractivity contribution in [3.63, 3.8) is 0 Å². The van der Waals surface area contributed by atoms with Crippen LogP contribution in [0.2, 0.25) is 0 Å². The predicted octanol–water partition coefficient (Wildman–Crippen LogP) is 2.98. The molecule has 0 unspecified atom stereocenters. The molecule has 2 amide bonds. The molecular weight excluding hydrogens is 308 g/mol. The molecule has 7 heteroatoms. The Labute approximate surface area is 140 Å². The standard InChI is InChI=1S/C17H20N4O3/c1-20(2)12-14-7-4-3-6-13(14)11-18-17(22)19-15-8-5-9-16(10-15)21(23)24/h3-10H,11-12H2,1-2H3,(H2,18,19,22). The summed E-state index contributed by atoms with van der Waals surface area (Å²) in [6.07, 6.45) is 0. The minimum absolute atomic E-state index is 0.0656. The van der Waals surface area contributed by atoms with Gasteiger partial charge in [0.1, 0.15) is 0 Å². The second-order valence-corrected chi connectivity index (χ2v) is 5.62. The fourth-order valence-electron chi connectivity index (χ4n) is 2.27. The average Bonchev–Trinajstić information content (AvgIpc) is 2.53. The molecule has 126 valence electrons. The Balaban J connectivity index is 1.96. The summed E-state index contributed by atoms with van der Waals surface area (Å²) in [4.78, 5) is 24.3. The van der Waals surface area contributed by atoms with Crippen LogP contribution in [0.25, 0.3) is 0 Å². The van der Waals surface area contributed by atoms with Gasteiger partial charge in [-0.05, 0) is 31.3 Å². The van der Waals surface area contributed by atoms with E-state index >= 15 is 0 Å². The number of nitrogens with one attached hydrogen (secondary N) is 2. The Morgan fingerprint density at radius 1 is 1.12 bits per heavy atom. The molecule has 2 aromatic carbocycles. The molecule has 0 fully saturated rings. The Morgan fingerprint density at radius 3 is 2.50 bits per heavy atom. The molecule has 0 spiro atoms. The van der Waals surface area contributed by atoms with Crippen molar-refractivity contribution < 1.29 is 9.72 Å². The molecule has 0 atom stereocenters. The zero-order valence-electron chi connectivity index (χ0n) is 13.7. The molecule has 2 aromatic rings. The summed E-state index contributed by atoms with van der Waals surface area (Å²) in [5, 5.41) is 16.1. The van der Waals surface area contributed by atoms with Gasteiger partial charge in [-0.1, -0.05) is 30.3 Å². The van der Waals surface area contributed by atoms with E-state index in [1.54, 1.807) is 6.07 Å². The highest BCUT2D eigenvalue weighted by Gasteiger charge is 2.09. The minimum Gasteiger partial charge on any atom is -0.334 e. The van der Waals surface area contributed by atoms with Gasteiger partial charge in [-0.25, -0.2) is 4.79 Å². The summed E-state index contributed by atoms with van der Waals surface area (Å²) in [5.41, 5.74) is 2.48. The molecule has 0 bridgehead atoms. The molecule has 0 aliphatic rings. The van der Waals surface area contributed by atoms with Crippen LogP contribution >= 0.6 is 0 Å². The van der Waals surface area contributed by atoms with Crippen LogP contribution in [0.4, 0.5) is 16.2 Å². The number of urea groups is 1. The molecule has 0 saturated carbocycles. The third kappa shape index (κ3) is 5.06. The Kier molecular flexibility index (Phi) is 5.86. The number of nitrogens with zero attached hydrogens (tertiary/aromatic N) is 2. The number of anilines is 1. The molecule has 0 radical (unpaired) electrons. The quantitative estimate of drug-likeness (QED) is 0.630. The number of carbonyl (C=O) groups excluding carboxylic acids is 1. The zero-order valence-corrected chi connectivity index (χ0v) is 13.7. The van der Waals surface area contributed by atoms with Crippen molar-refractivity contribution in [2.45, 2.75) is 13.1 Å². The van der Waals surface area contributed by atoms with Crippen LogP contribution < -0.4 is 10.6 Å². The van der Waals surface area contributed by atoms with E-state index in [-0.39, 0.29) is 5.69 Å². The van der Waals surface area contributed by atoms with Gasteiger partial charge >= 0.3 is 6.03 Å². The number of benzene rings is 2. The summed E-state index contributed by atoms with van der Waals surface area (Å²) < 4.78 is 0. The van der Waals surface area contributed by atoms with Crippen molar-refractivity contribution in [1.82, 2.24) is 10.2 Å². The minimum atomic E-state index is -0.499. The molecule has 0 aliphatic carbocycles. The van der Waals surface area contributed by atoms with Crippen LogP contribution in [0.5, 0.6) is 0 Å².